The van der Waals surface area contributed by atoms with E-state index in [1.807, 2.05) is 20.0 Å². The standard InChI is InChI=1S/C14H25N5O/c1-11-8-13(18(4)16-11)15-14(20)10-19-7-5-6-12(9-19)17(2)3/h8,12H,5-7,9-10H2,1-4H3,(H,15,20). The summed E-state index contributed by atoms with van der Waals surface area (Å²) in [7, 11) is 6.05. The van der Waals surface area contributed by atoms with Crippen molar-refractivity contribution < 1.29 is 4.79 Å². The van der Waals surface area contributed by atoms with Crippen molar-refractivity contribution in [3.63, 3.8) is 0 Å². The Morgan fingerprint density at radius 2 is 2.30 bits per heavy atom. The molecule has 6 nitrogen and oxygen atoms in total. The van der Waals surface area contributed by atoms with Crippen LogP contribution in [-0.4, -0.2) is 65.3 Å². The summed E-state index contributed by atoms with van der Waals surface area (Å²) >= 11 is 0. The van der Waals surface area contributed by atoms with Crippen LogP contribution in [0.1, 0.15) is 18.5 Å². The number of rotatable bonds is 4. The first-order valence-corrected chi connectivity index (χ1v) is 7.15. The third-order valence-corrected chi connectivity index (χ3v) is 3.85. The molecule has 1 aliphatic rings. The lowest BCUT2D eigenvalue weighted by Gasteiger charge is -2.35. The molecule has 1 aromatic rings. The second-order valence-corrected chi connectivity index (χ2v) is 5.84. The van der Waals surface area contributed by atoms with Gasteiger partial charge in [-0.2, -0.15) is 5.10 Å². The molecule has 1 atom stereocenters. The maximum atomic E-state index is 12.1. The number of piperidine rings is 1. The zero-order valence-electron chi connectivity index (χ0n) is 12.9. The fourth-order valence-corrected chi connectivity index (χ4v) is 2.71. The summed E-state index contributed by atoms with van der Waals surface area (Å²) in [6.45, 7) is 4.34. The normalized spacial score (nSPS) is 20.4. The van der Waals surface area contributed by atoms with Gasteiger partial charge < -0.3 is 10.2 Å². The average Bonchev–Trinajstić information content (AvgIpc) is 2.67. The highest BCUT2D eigenvalue weighted by Gasteiger charge is 2.23. The van der Waals surface area contributed by atoms with E-state index in [0.29, 0.717) is 12.6 Å². The van der Waals surface area contributed by atoms with Gasteiger partial charge >= 0.3 is 0 Å². The molecule has 1 unspecified atom stereocenters. The molecule has 1 N–H and O–H groups in total. The molecule has 0 radical (unpaired) electrons. The third kappa shape index (κ3) is 3.80. The number of carbonyl (C=O) groups is 1. The van der Waals surface area contributed by atoms with Crippen molar-refractivity contribution in [3.8, 4) is 0 Å². The summed E-state index contributed by atoms with van der Waals surface area (Å²) < 4.78 is 1.70. The van der Waals surface area contributed by atoms with Gasteiger partial charge in [0.15, 0.2) is 0 Å². The minimum atomic E-state index is 0.0346. The predicted octanol–water partition coefficient (Wildman–Crippen LogP) is 0.693. The number of nitrogens with zero attached hydrogens (tertiary/aromatic N) is 4. The third-order valence-electron chi connectivity index (χ3n) is 3.85. The number of amides is 1. The smallest absolute Gasteiger partial charge is 0.239 e. The molecule has 1 aromatic heterocycles. The molecule has 1 aliphatic heterocycles. The van der Waals surface area contributed by atoms with Crippen LogP contribution < -0.4 is 5.32 Å². The molecule has 0 aromatic carbocycles. The molecule has 1 saturated heterocycles. The number of nitrogens with one attached hydrogen (secondary N) is 1. The highest BCUT2D eigenvalue weighted by molar-refractivity contribution is 5.91. The molecule has 0 spiro atoms. The topological polar surface area (TPSA) is 53.4 Å². The average molecular weight is 279 g/mol. The van der Waals surface area contributed by atoms with Gasteiger partial charge in [0.05, 0.1) is 12.2 Å². The number of aromatic nitrogens is 2. The van der Waals surface area contributed by atoms with Crippen molar-refractivity contribution in [1.82, 2.24) is 19.6 Å². The van der Waals surface area contributed by atoms with Crippen LogP contribution in [0.3, 0.4) is 0 Å². The van der Waals surface area contributed by atoms with E-state index >= 15 is 0 Å². The van der Waals surface area contributed by atoms with Gasteiger partial charge in [-0.1, -0.05) is 0 Å². The van der Waals surface area contributed by atoms with E-state index in [1.54, 1.807) is 4.68 Å². The molecule has 1 amide bonds. The van der Waals surface area contributed by atoms with Gasteiger partial charge in [-0.25, -0.2) is 0 Å². The van der Waals surface area contributed by atoms with Crippen molar-refractivity contribution in [1.29, 1.82) is 0 Å². The quantitative estimate of drug-likeness (QED) is 0.881. The number of likely N-dealkylation sites (N-methyl/N-ethyl adjacent to an activating group) is 1. The van der Waals surface area contributed by atoms with E-state index in [4.69, 9.17) is 0 Å². The van der Waals surface area contributed by atoms with Crippen molar-refractivity contribution in [2.75, 3.05) is 39.0 Å². The van der Waals surface area contributed by atoms with Crippen LogP contribution in [0.5, 0.6) is 0 Å². The summed E-state index contributed by atoms with van der Waals surface area (Å²) in [4.78, 5) is 16.6. The number of aryl methyl sites for hydroxylation is 2. The van der Waals surface area contributed by atoms with Crippen LogP contribution in [0.4, 0.5) is 5.82 Å². The van der Waals surface area contributed by atoms with Crippen molar-refractivity contribution in [2.24, 2.45) is 7.05 Å². The Balaban J connectivity index is 1.86. The summed E-state index contributed by atoms with van der Waals surface area (Å²) in [6, 6.07) is 2.44. The van der Waals surface area contributed by atoms with E-state index in [2.05, 4.69) is 34.3 Å². The van der Waals surface area contributed by atoms with Gasteiger partial charge in [0, 0.05) is 25.7 Å². The van der Waals surface area contributed by atoms with Crippen LogP contribution in [0.15, 0.2) is 6.07 Å². The van der Waals surface area contributed by atoms with Crippen LogP contribution in [0.25, 0.3) is 0 Å². The number of carbonyl (C=O) groups excluding carboxylic acids is 1. The first-order valence-electron chi connectivity index (χ1n) is 7.15. The zero-order chi connectivity index (χ0) is 14.7. The molecule has 2 rings (SSSR count). The number of hydrogen-bond acceptors (Lipinski definition) is 4. The minimum Gasteiger partial charge on any atom is -0.310 e. The van der Waals surface area contributed by atoms with Gasteiger partial charge in [-0.05, 0) is 40.4 Å². The largest absolute Gasteiger partial charge is 0.310 e. The second-order valence-electron chi connectivity index (χ2n) is 5.84. The Morgan fingerprint density at radius 3 is 2.90 bits per heavy atom. The molecule has 0 aliphatic carbocycles. The van der Waals surface area contributed by atoms with Gasteiger partial charge in [0.25, 0.3) is 0 Å². The Kier molecular flexibility index (Phi) is 4.77. The lowest BCUT2D eigenvalue weighted by atomic mass is 10.1. The van der Waals surface area contributed by atoms with Gasteiger partial charge in [0.1, 0.15) is 5.82 Å². The molecule has 2 heterocycles. The highest BCUT2D eigenvalue weighted by atomic mass is 16.2. The fourth-order valence-electron chi connectivity index (χ4n) is 2.71. The number of hydrogen-bond donors (Lipinski definition) is 1. The first kappa shape index (κ1) is 15.0. The Bertz CT molecular complexity index is 468. The Labute approximate surface area is 120 Å². The molecule has 0 bridgehead atoms. The minimum absolute atomic E-state index is 0.0346. The lowest BCUT2D eigenvalue weighted by Crippen LogP contribution is -2.47. The summed E-state index contributed by atoms with van der Waals surface area (Å²) in [5.41, 5.74) is 0.911. The van der Waals surface area contributed by atoms with Crippen LogP contribution in [-0.2, 0) is 11.8 Å². The van der Waals surface area contributed by atoms with Crippen LogP contribution in [0, 0.1) is 6.92 Å². The summed E-state index contributed by atoms with van der Waals surface area (Å²) in [5, 5.41) is 7.16. The van der Waals surface area contributed by atoms with Crippen LogP contribution >= 0.6 is 0 Å². The van der Waals surface area contributed by atoms with E-state index < -0.39 is 0 Å². The molecule has 112 valence electrons. The first-order chi connectivity index (χ1) is 9.45. The predicted molar refractivity (Wildman–Crippen MR) is 79.7 cm³/mol. The number of anilines is 1. The Hall–Kier alpha value is -1.40. The molecular formula is C14H25N5O. The lowest BCUT2D eigenvalue weighted by molar-refractivity contribution is -0.117. The maximum absolute atomic E-state index is 12.1. The van der Waals surface area contributed by atoms with Crippen LogP contribution in [0.2, 0.25) is 0 Å². The second kappa shape index (κ2) is 6.37. The fraction of sp³-hybridized carbons (Fsp3) is 0.714. The molecule has 6 heteroatoms. The molecule has 1 fully saturated rings. The summed E-state index contributed by atoms with van der Waals surface area (Å²) in [5.74, 6) is 0.793. The monoisotopic (exact) mass is 279 g/mol. The Morgan fingerprint density at radius 1 is 1.55 bits per heavy atom. The summed E-state index contributed by atoms with van der Waals surface area (Å²) in [6.07, 6.45) is 2.37. The SMILES string of the molecule is Cc1cc(NC(=O)CN2CCCC(N(C)C)C2)n(C)n1. The van der Waals surface area contributed by atoms with Gasteiger partial charge in [0.2, 0.25) is 5.91 Å². The highest BCUT2D eigenvalue weighted by Crippen LogP contribution is 2.14. The zero-order valence-corrected chi connectivity index (χ0v) is 12.9. The van der Waals surface area contributed by atoms with Crippen molar-refractivity contribution in [3.05, 3.63) is 11.8 Å². The molecule has 0 saturated carbocycles. The van der Waals surface area contributed by atoms with E-state index in [1.165, 1.54) is 6.42 Å². The van der Waals surface area contributed by atoms with Gasteiger partial charge in [-0.3, -0.25) is 14.4 Å². The number of likely N-dealkylation sites (tertiary alicyclic amines) is 1. The van der Waals surface area contributed by atoms with E-state index in [9.17, 15) is 4.79 Å². The van der Waals surface area contributed by atoms with E-state index in [0.717, 1.165) is 31.0 Å². The van der Waals surface area contributed by atoms with Crippen molar-refractivity contribution >= 4 is 11.7 Å². The van der Waals surface area contributed by atoms with E-state index in [-0.39, 0.29) is 5.91 Å². The van der Waals surface area contributed by atoms with Crippen molar-refractivity contribution in [2.45, 2.75) is 25.8 Å². The maximum Gasteiger partial charge on any atom is 0.239 e. The molecular weight excluding hydrogens is 254 g/mol. The van der Waals surface area contributed by atoms with Gasteiger partial charge in [-0.15, -0.1) is 0 Å². The molecule has 20 heavy (non-hydrogen) atoms.